The highest BCUT2D eigenvalue weighted by Crippen LogP contribution is 2.09. The molecule has 0 fully saturated rings. The van der Waals surface area contributed by atoms with Crippen LogP contribution < -0.4 is 16.4 Å². The molecule has 112 valence electrons. The largest absolute Gasteiger partial charge is 0.337 e. The third kappa shape index (κ3) is 5.59. The van der Waals surface area contributed by atoms with E-state index in [9.17, 15) is 4.79 Å². The molecule has 5 heteroatoms. The molecule has 0 aliphatic rings. The van der Waals surface area contributed by atoms with Crippen LogP contribution in [0, 0.1) is 0 Å². The topological polar surface area (TPSA) is 70.4 Å². The van der Waals surface area contributed by atoms with Gasteiger partial charge in [0.2, 0.25) is 0 Å². The molecule has 1 atom stereocenters. The zero-order valence-corrected chi connectivity index (χ0v) is 12.6. The van der Waals surface area contributed by atoms with Crippen LogP contribution in [0.2, 0.25) is 0 Å². The molecule has 0 saturated carbocycles. The van der Waals surface area contributed by atoms with E-state index in [1.165, 1.54) is 0 Å². The third-order valence-corrected chi connectivity index (χ3v) is 3.51. The van der Waals surface area contributed by atoms with Gasteiger partial charge in [0.15, 0.2) is 0 Å². The lowest BCUT2D eigenvalue weighted by Crippen LogP contribution is -2.38. The standard InChI is InChI=1S/C15H26N4O/c1-4-12(2)19(3)9-8-17-15(20)18-14-7-5-6-13(10-14)11-16/h5-7,10,12H,4,8-9,11,16H2,1-3H3,(H2,17,18,20). The molecule has 0 bridgehead atoms. The van der Waals surface area contributed by atoms with Crippen molar-refractivity contribution >= 4 is 11.7 Å². The number of likely N-dealkylation sites (N-methyl/N-ethyl adjacent to an activating group) is 1. The molecule has 0 radical (unpaired) electrons. The van der Waals surface area contributed by atoms with Crippen molar-refractivity contribution in [3.8, 4) is 0 Å². The number of hydrogen-bond donors (Lipinski definition) is 3. The van der Waals surface area contributed by atoms with Crippen molar-refractivity contribution in [3.05, 3.63) is 29.8 Å². The molecule has 0 saturated heterocycles. The van der Waals surface area contributed by atoms with Crippen LogP contribution in [-0.2, 0) is 6.54 Å². The summed E-state index contributed by atoms with van der Waals surface area (Å²) in [5, 5.41) is 5.66. The van der Waals surface area contributed by atoms with Crippen molar-refractivity contribution in [2.75, 3.05) is 25.5 Å². The first kappa shape index (κ1) is 16.5. The van der Waals surface area contributed by atoms with Crippen LogP contribution in [0.3, 0.4) is 0 Å². The fourth-order valence-corrected chi connectivity index (χ4v) is 1.83. The highest BCUT2D eigenvalue weighted by atomic mass is 16.2. The maximum atomic E-state index is 11.8. The first-order valence-corrected chi connectivity index (χ1v) is 7.11. The molecule has 0 spiro atoms. The van der Waals surface area contributed by atoms with Crippen LogP contribution in [0.5, 0.6) is 0 Å². The van der Waals surface area contributed by atoms with Gasteiger partial charge in [-0.15, -0.1) is 0 Å². The quantitative estimate of drug-likeness (QED) is 0.714. The van der Waals surface area contributed by atoms with Gasteiger partial charge in [-0.25, -0.2) is 4.79 Å². The molecule has 0 aromatic heterocycles. The zero-order valence-electron chi connectivity index (χ0n) is 12.6. The number of nitrogens with one attached hydrogen (secondary N) is 2. The van der Waals surface area contributed by atoms with Crippen LogP contribution in [-0.4, -0.2) is 37.1 Å². The smallest absolute Gasteiger partial charge is 0.319 e. The van der Waals surface area contributed by atoms with Gasteiger partial charge >= 0.3 is 6.03 Å². The van der Waals surface area contributed by atoms with E-state index in [4.69, 9.17) is 5.73 Å². The van der Waals surface area contributed by atoms with Crippen molar-refractivity contribution in [1.82, 2.24) is 10.2 Å². The summed E-state index contributed by atoms with van der Waals surface area (Å²) in [6.45, 7) is 6.27. The highest BCUT2D eigenvalue weighted by Gasteiger charge is 2.07. The van der Waals surface area contributed by atoms with Gasteiger partial charge in [-0.2, -0.15) is 0 Å². The number of nitrogens with two attached hydrogens (primary N) is 1. The van der Waals surface area contributed by atoms with E-state index < -0.39 is 0 Å². The average molecular weight is 278 g/mol. The minimum Gasteiger partial charge on any atom is -0.337 e. The Kier molecular flexibility index (Phi) is 7.04. The molecular weight excluding hydrogens is 252 g/mol. The Morgan fingerprint density at radius 2 is 2.20 bits per heavy atom. The average Bonchev–Trinajstić information content (AvgIpc) is 2.46. The summed E-state index contributed by atoms with van der Waals surface area (Å²) in [7, 11) is 2.07. The van der Waals surface area contributed by atoms with Gasteiger partial charge in [0, 0.05) is 31.4 Å². The summed E-state index contributed by atoms with van der Waals surface area (Å²) in [5.41, 5.74) is 7.33. The van der Waals surface area contributed by atoms with E-state index in [0.29, 0.717) is 19.1 Å². The summed E-state index contributed by atoms with van der Waals surface area (Å²) in [5.74, 6) is 0. The van der Waals surface area contributed by atoms with Crippen LogP contribution in [0.1, 0.15) is 25.8 Å². The number of urea groups is 1. The summed E-state index contributed by atoms with van der Waals surface area (Å²) < 4.78 is 0. The van der Waals surface area contributed by atoms with Gasteiger partial charge in [-0.3, -0.25) is 0 Å². The maximum absolute atomic E-state index is 11.8. The lowest BCUT2D eigenvalue weighted by Gasteiger charge is -2.23. The van der Waals surface area contributed by atoms with Crippen molar-refractivity contribution in [1.29, 1.82) is 0 Å². The zero-order chi connectivity index (χ0) is 15.0. The fraction of sp³-hybridized carbons (Fsp3) is 0.533. The lowest BCUT2D eigenvalue weighted by atomic mass is 10.2. The normalized spacial score (nSPS) is 12.2. The number of benzene rings is 1. The van der Waals surface area contributed by atoms with Crippen molar-refractivity contribution in [3.63, 3.8) is 0 Å². The van der Waals surface area contributed by atoms with Gasteiger partial charge in [0.25, 0.3) is 0 Å². The number of rotatable bonds is 7. The SMILES string of the molecule is CCC(C)N(C)CCNC(=O)Nc1cccc(CN)c1. The van der Waals surface area contributed by atoms with Gasteiger partial charge in [-0.05, 0) is 38.1 Å². The van der Waals surface area contributed by atoms with E-state index >= 15 is 0 Å². The summed E-state index contributed by atoms with van der Waals surface area (Å²) in [6, 6.07) is 7.89. The Labute approximate surface area is 121 Å². The molecule has 5 nitrogen and oxygen atoms in total. The van der Waals surface area contributed by atoms with Crippen molar-refractivity contribution < 1.29 is 4.79 Å². The van der Waals surface area contributed by atoms with Crippen LogP contribution in [0.25, 0.3) is 0 Å². The summed E-state index contributed by atoms with van der Waals surface area (Å²) in [4.78, 5) is 14.0. The van der Waals surface area contributed by atoms with E-state index in [-0.39, 0.29) is 6.03 Å². The van der Waals surface area contributed by atoms with Crippen molar-refractivity contribution in [2.24, 2.45) is 5.73 Å². The maximum Gasteiger partial charge on any atom is 0.319 e. The summed E-state index contributed by atoms with van der Waals surface area (Å²) in [6.07, 6.45) is 1.11. The van der Waals surface area contributed by atoms with Gasteiger partial charge < -0.3 is 21.3 Å². The molecule has 2 amide bonds. The van der Waals surface area contributed by atoms with Crippen molar-refractivity contribution in [2.45, 2.75) is 32.9 Å². The Morgan fingerprint density at radius 3 is 2.85 bits per heavy atom. The Bertz CT molecular complexity index is 422. The predicted octanol–water partition coefficient (Wildman–Crippen LogP) is 2.00. The van der Waals surface area contributed by atoms with Gasteiger partial charge in [0.05, 0.1) is 0 Å². The second-order valence-electron chi connectivity index (χ2n) is 5.02. The molecule has 20 heavy (non-hydrogen) atoms. The minimum absolute atomic E-state index is 0.184. The Morgan fingerprint density at radius 1 is 1.45 bits per heavy atom. The highest BCUT2D eigenvalue weighted by molar-refractivity contribution is 5.89. The monoisotopic (exact) mass is 278 g/mol. The molecule has 0 heterocycles. The minimum atomic E-state index is -0.184. The number of anilines is 1. The number of hydrogen-bond acceptors (Lipinski definition) is 3. The molecule has 1 rings (SSSR count). The fourth-order valence-electron chi connectivity index (χ4n) is 1.83. The van der Waals surface area contributed by atoms with E-state index in [1.807, 2.05) is 24.3 Å². The van der Waals surface area contributed by atoms with Crippen LogP contribution in [0.15, 0.2) is 24.3 Å². The molecule has 0 aliphatic carbocycles. The molecule has 1 aromatic rings. The van der Waals surface area contributed by atoms with Gasteiger partial charge in [0.1, 0.15) is 0 Å². The third-order valence-electron chi connectivity index (χ3n) is 3.51. The second-order valence-corrected chi connectivity index (χ2v) is 5.02. The predicted molar refractivity (Wildman–Crippen MR) is 83.7 cm³/mol. The first-order chi connectivity index (χ1) is 9.56. The number of carbonyl (C=O) groups excluding carboxylic acids is 1. The molecule has 4 N–H and O–H groups in total. The van der Waals surface area contributed by atoms with Crippen LogP contribution >= 0.6 is 0 Å². The number of carbonyl (C=O) groups is 1. The Hall–Kier alpha value is -1.59. The molecular formula is C15H26N4O. The van der Waals surface area contributed by atoms with E-state index in [1.54, 1.807) is 0 Å². The molecule has 1 unspecified atom stereocenters. The van der Waals surface area contributed by atoms with Crippen LogP contribution in [0.4, 0.5) is 10.5 Å². The van der Waals surface area contributed by atoms with E-state index in [2.05, 4.69) is 36.4 Å². The number of nitrogens with zero attached hydrogens (tertiary/aromatic N) is 1. The summed E-state index contributed by atoms with van der Waals surface area (Å²) >= 11 is 0. The first-order valence-electron chi connectivity index (χ1n) is 7.11. The lowest BCUT2D eigenvalue weighted by molar-refractivity contribution is 0.238. The molecule has 1 aromatic carbocycles. The Balaban J connectivity index is 2.33. The number of amides is 2. The molecule has 0 aliphatic heterocycles. The van der Waals surface area contributed by atoms with Gasteiger partial charge in [-0.1, -0.05) is 19.1 Å². The van der Waals surface area contributed by atoms with E-state index in [0.717, 1.165) is 24.2 Å². The second kappa shape index (κ2) is 8.55.